The molecule has 1 aliphatic rings. The second-order valence-corrected chi connectivity index (χ2v) is 4.80. The van der Waals surface area contributed by atoms with Crippen LogP contribution >= 0.6 is 0 Å². The number of nitrogens with zero attached hydrogens (tertiary/aromatic N) is 2. The van der Waals surface area contributed by atoms with Crippen LogP contribution in [0.25, 0.3) is 0 Å². The molecule has 1 saturated heterocycles. The standard InChI is InChI=1S/C14H17N3O/c1-10-5-2-3-6-11(10)9-13-16-14(18-17-13)12-7-4-8-15-12/h2-3,5-6,12,15H,4,7-9H2,1H3. The van der Waals surface area contributed by atoms with E-state index in [1.54, 1.807) is 0 Å². The fraction of sp³-hybridized carbons (Fsp3) is 0.429. The van der Waals surface area contributed by atoms with Crippen LogP contribution < -0.4 is 5.32 Å². The van der Waals surface area contributed by atoms with Crippen LogP contribution in [-0.2, 0) is 6.42 Å². The van der Waals surface area contributed by atoms with E-state index >= 15 is 0 Å². The molecule has 0 aliphatic carbocycles. The van der Waals surface area contributed by atoms with Gasteiger partial charge in [-0.15, -0.1) is 0 Å². The van der Waals surface area contributed by atoms with Gasteiger partial charge in [-0.1, -0.05) is 29.4 Å². The molecular formula is C14H17N3O. The van der Waals surface area contributed by atoms with Crippen molar-refractivity contribution in [2.75, 3.05) is 6.54 Å². The van der Waals surface area contributed by atoms with Crippen molar-refractivity contribution in [3.8, 4) is 0 Å². The molecule has 3 rings (SSSR count). The van der Waals surface area contributed by atoms with Gasteiger partial charge in [0.15, 0.2) is 5.82 Å². The predicted octanol–water partition coefficient (Wildman–Crippen LogP) is 2.39. The Morgan fingerprint density at radius 1 is 1.39 bits per heavy atom. The smallest absolute Gasteiger partial charge is 0.243 e. The Kier molecular flexibility index (Phi) is 3.11. The Balaban J connectivity index is 1.75. The highest BCUT2D eigenvalue weighted by molar-refractivity contribution is 5.28. The topological polar surface area (TPSA) is 51.0 Å². The molecule has 2 heterocycles. The van der Waals surface area contributed by atoms with E-state index < -0.39 is 0 Å². The van der Waals surface area contributed by atoms with Crippen LogP contribution in [-0.4, -0.2) is 16.7 Å². The Morgan fingerprint density at radius 2 is 2.28 bits per heavy atom. The van der Waals surface area contributed by atoms with E-state index in [1.807, 2.05) is 12.1 Å². The van der Waals surface area contributed by atoms with Gasteiger partial charge in [-0.2, -0.15) is 4.98 Å². The lowest BCUT2D eigenvalue weighted by molar-refractivity contribution is 0.341. The molecule has 94 valence electrons. The van der Waals surface area contributed by atoms with Gasteiger partial charge in [-0.05, 0) is 37.4 Å². The first-order valence-electron chi connectivity index (χ1n) is 6.43. The number of benzene rings is 1. The maximum atomic E-state index is 5.34. The van der Waals surface area contributed by atoms with E-state index in [9.17, 15) is 0 Å². The molecule has 1 aromatic carbocycles. The van der Waals surface area contributed by atoms with Crippen molar-refractivity contribution >= 4 is 0 Å². The normalized spacial score (nSPS) is 19.3. The van der Waals surface area contributed by atoms with E-state index in [1.165, 1.54) is 17.5 Å². The molecule has 1 aliphatic heterocycles. The first-order chi connectivity index (χ1) is 8.83. The molecular weight excluding hydrogens is 226 g/mol. The Hall–Kier alpha value is -1.68. The third kappa shape index (κ3) is 2.29. The van der Waals surface area contributed by atoms with Crippen molar-refractivity contribution in [3.63, 3.8) is 0 Å². The van der Waals surface area contributed by atoms with Crippen molar-refractivity contribution in [2.24, 2.45) is 0 Å². The van der Waals surface area contributed by atoms with Crippen LogP contribution in [0.4, 0.5) is 0 Å². The SMILES string of the molecule is Cc1ccccc1Cc1noc(C2CCCN2)n1. The van der Waals surface area contributed by atoms with E-state index in [0.717, 1.165) is 31.1 Å². The second-order valence-electron chi connectivity index (χ2n) is 4.80. The van der Waals surface area contributed by atoms with Gasteiger partial charge in [0, 0.05) is 6.42 Å². The molecule has 0 saturated carbocycles. The fourth-order valence-electron chi connectivity index (χ4n) is 2.35. The minimum absolute atomic E-state index is 0.253. The van der Waals surface area contributed by atoms with E-state index in [2.05, 4.69) is 34.5 Å². The lowest BCUT2D eigenvalue weighted by atomic mass is 10.1. The van der Waals surface area contributed by atoms with Gasteiger partial charge in [-0.3, -0.25) is 0 Å². The molecule has 0 radical (unpaired) electrons. The number of aromatic nitrogens is 2. The molecule has 0 amide bonds. The third-order valence-electron chi connectivity index (χ3n) is 3.45. The zero-order chi connectivity index (χ0) is 12.4. The zero-order valence-electron chi connectivity index (χ0n) is 10.5. The van der Waals surface area contributed by atoms with E-state index in [0.29, 0.717) is 0 Å². The minimum Gasteiger partial charge on any atom is -0.338 e. The summed E-state index contributed by atoms with van der Waals surface area (Å²) in [5.74, 6) is 1.50. The Bertz CT molecular complexity index is 529. The lowest BCUT2D eigenvalue weighted by Crippen LogP contribution is -2.13. The highest BCUT2D eigenvalue weighted by Crippen LogP contribution is 2.21. The summed E-state index contributed by atoms with van der Waals surface area (Å²) >= 11 is 0. The molecule has 0 spiro atoms. The number of rotatable bonds is 3. The number of nitrogens with one attached hydrogen (secondary N) is 1. The summed E-state index contributed by atoms with van der Waals surface area (Å²) in [4.78, 5) is 4.49. The maximum absolute atomic E-state index is 5.34. The largest absolute Gasteiger partial charge is 0.338 e. The highest BCUT2D eigenvalue weighted by Gasteiger charge is 2.22. The summed E-state index contributed by atoms with van der Waals surface area (Å²) in [5.41, 5.74) is 2.52. The lowest BCUT2D eigenvalue weighted by Gasteiger charge is -2.02. The Labute approximate surface area is 106 Å². The van der Waals surface area contributed by atoms with Crippen molar-refractivity contribution in [2.45, 2.75) is 32.2 Å². The molecule has 2 aromatic rings. The first kappa shape index (κ1) is 11.4. The molecule has 4 heteroatoms. The minimum atomic E-state index is 0.253. The number of aryl methyl sites for hydroxylation is 1. The van der Waals surface area contributed by atoms with Crippen molar-refractivity contribution in [1.82, 2.24) is 15.5 Å². The van der Waals surface area contributed by atoms with E-state index in [4.69, 9.17) is 4.52 Å². The zero-order valence-corrected chi connectivity index (χ0v) is 10.5. The third-order valence-corrected chi connectivity index (χ3v) is 3.45. The van der Waals surface area contributed by atoms with Crippen LogP contribution in [0.15, 0.2) is 28.8 Å². The fourth-order valence-corrected chi connectivity index (χ4v) is 2.35. The predicted molar refractivity (Wildman–Crippen MR) is 68.3 cm³/mol. The Morgan fingerprint density at radius 3 is 3.06 bits per heavy atom. The summed E-state index contributed by atoms with van der Waals surface area (Å²) < 4.78 is 5.34. The molecule has 1 N–H and O–H groups in total. The first-order valence-corrected chi connectivity index (χ1v) is 6.43. The van der Waals surface area contributed by atoms with Crippen LogP contribution in [0, 0.1) is 6.92 Å². The molecule has 1 unspecified atom stereocenters. The van der Waals surface area contributed by atoms with Crippen LogP contribution in [0.5, 0.6) is 0 Å². The number of hydrogen-bond donors (Lipinski definition) is 1. The highest BCUT2D eigenvalue weighted by atomic mass is 16.5. The van der Waals surface area contributed by atoms with Gasteiger partial charge in [-0.25, -0.2) is 0 Å². The van der Waals surface area contributed by atoms with Crippen molar-refractivity contribution < 1.29 is 4.52 Å². The van der Waals surface area contributed by atoms with Gasteiger partial charge in [0.2, 0.25) is 5.89 Å². The van der Waals surface area contributed by atoms with Gasteiger partial charge < -0.3 is 9.84 Å². The summed E-state index contributed by atoms with van der Waals surface area (Å²) in [5, 5.41) is 7.44. The monoisotopic (exact) mass is 243 g/mol. The molecule has 18 heavy (non-hydrogen) atoms. The average Bonchev–Trinajstić information content (AvgIpc) is 3.02. The summed E-state index contributed by atoms with van der Waals surface area (Å²) in [6.07, 6.45) is 3.01. The molecule has 0 bridgehead atoms. The number of hydrogen-bond acceptors (Lipinski definition) is 4. The van der Waals surface area contributed by atoms with Gasteiger partial charge >= 0.3 is 0 Å². The molecule has 1 fully saturated rings. The van der Waals surface area contributed by atoms with E-state index in [-0.39, 0.29) is 6.04 Å². The quantitative estimate of drug-likeness (QED) is 0.899. The molecule has 1 atom stereocenters. The van der Waals surface area contributed by atoms with Crippen molar-refractivity contribution in [3.05, 3.63) is 47.1 Å². The second kappa shape index (κ2) is 4.90. The van der Waals surface area contributed by atoms with Crippen LogP contribution in [0.3, 0.4) is 0 Å². The maximum Gasteiger partial charge on any atom is 0.243 e. The summed E-state index contributed by atoms with van der Waals surface area (Å²) in [6.45, 7) is 3.15. The average molecular weight is 243 g/mol. The van der Waals surface area contributed by atoms with Crippen molar-refractivity contribution in [1.29, 1.82) is 0 Å². The van der Waals surface area contributed by atoms with Gasteiger partial charge in [0.05, 0.1) is 6.04 Å². The summed E-state index contributed by atoms with van der Waals surface area (Å²) in [7, 11) is 0. The van der Waals surface area contributed by atoms with Crippen LogP contribution in [0.2, 0.25) is 0 Å². The molecule has 1 aromatic heterocycles. The molecule has 4 nitrogen and oxygen atoms in total. The summed E-state index contributed by atoms with van der Waals surface area (Å²) in [6, 6.07) is 8.56. The van der Waals surface area contributed by atoms with Gasteiger partial charge in [0.1, 0.15) is 0 Å². The van der Waals surface area contributed by atoms with Gasteiger partial charge in [0.25, 0.3) is 0 Å². The van der Waals surface area contributed by atoms with Crippen LogP contribution in [0.1, 0.15) is 41.7 Å².